The van der Waals surface area contributed by atoms with Crippen molar-refractivity contribution in [2.24, 2.45) is 0 Å². The zero-order valence-electron chi connectivity index (χ0n) is 11.8. The largest absolute Gasteiger partial charge is 0.504 e. The second-order valence-electron chi connectivity index (χ2n) is 4.27. The lowest BCUT2D eigenvalue weighted by Crippen LogP contribution is -2.22. The molecule has 0 amide bonds. The maximum absolute atomic E-state index is 9.72. The van der Waals surface area contributed by atoms with Gasteiger partial charge < -0.3 is 36.0 Å². The average Bonchev–Trinajstić information content (AvgIpc) is 2.42. The molecule has 0 aliphatic rings. The van der Waals surface area contributed by atoms with Crippen LogP contribution in [0.3, 0.4) is 0 Å². The summed E-state index contributed by atoms with van der Waals surface area (Å²) >= 11 is 0. The first kappa shape index (κ1) is 19.6. The third kappa shape index (κ3) is 7.43. The van der Waals surface area contributed by atoms with Crippen molar-refractivity contribution < 1.29 is 40.2 Å². The standard InChI is InChI=1S/C9H13NO3.C4H6O5/c1-10-5-9(13)6-2-3-7(11)8(12)4-6;5-2(4(8)9)1-3(6)7/h2-4,9-13H,5H2,1H3;2,5H,1H2,(H,6,7)(H,8,9)/t9-;/m0./s1. The number of phenols is 2. The lowest BCUT2D eigenvalue weighted by atomic mass is 10.1. The molecule has 1 unspecified atom stereocenters. The highest BCUT2D eigenvalue weighted by Crippen LogP contribution is 2.27. The van der Waals surface area contributed by atoms with Gasteiger partial charge in [-0.25, -0.2) is 4.79 Å². The number of aliphatic hydroxyl groups excluding tert-OH is 2. The van der Waals surface area contributed by atoms with Crippen LogP contribution in [-0.2, 0) is 9.59 Å². The highest BCUT2D eigenvalue weighted by molar-refractivity contribution is 5.79. The fourth-order valence-corrected chi connectivity index (χ4v) is 1.31. The van der Waals surface area contributed by atoms with Gasteiger partial charge in [-0.05, 0) is 24.7 Å². The second kappa shape index (κ2) is 9.55. The number of likely N-dealkylation sites (N-methyl/N-ethyl adjacent to an activating group) is 1. The van der Waals surface area contributed by atoms with E-state index in [1.807, 2.05) is 0 Å². The Bertz CT molecular complexity index is 505. The van der Waals surface area contributed by atoms with E-state index in [1.54, 1.807) is 13.1 Å². The summed E-state index contributed by atoms with van der Waals surface area (Å²) in [6.45, 7) is 0.407. The Morgan fingerprint density at radius 2 is 1.73 bits per heavy atom. The van der Waals surface area contributed by atoms with Crippen molar-refractivity contribution >= 4 is 11.9 Å². The molecular weight excluding hydrogens is 298 g/mol. The monoisotopic (exact) mass is 317 g/mol. The first-order valence-corrected chi connectivity index (χ1v) is 6.16. The molecule has 124 valence electrons. The summed E-state index contributed by atoms with van der Waals surface area (Å²) in [7, 11) is 1.73. The average molecular weight is 317 g/mol. The van der Waals surface area contributed by atoms with E-state index in [0.29, 0.717) is 12.1 Å². The molecule has 0 aliphatic carbocycles. The molecule has 0 radical (unpaired) electrons. The number of nitrogens with one attached hydrogen (secondary N) is 1. The van der Waals surface area contributed by atoms with E-state index in [1.165, 1.54) is 12.1 Å². The normalized spacial score (nSPS) is 12.7. The lowest BCUT2D eigenvalue weighted by molar-refractivity contribution is -0.152. The van der Waals surface area contributed by atoms with Crippen molar-refractivity contribution in [1.82, 2.24) is 5.32 Å². The molecule has 0 aliphatic heterocycles. The Balaban J connectivity index is 0.000000433. The number of hydrogen-bond acceptors (Lipinski definition) is 7. The van der Waals surface area contributed by atoms with Crippen molar-refractivity contribution in [3.63, 3.8) is 0 Å². The molecule has 0 saturated heterocycles. The van der Waals surface area contributed by atoms with E-state index in [4.69, 9.17) is 25.5 Å². The van der Waals surface area contributed by atoms with E-state index in [0.717, 1.165) is 0 Å². The van der Waals surface area contributed by atoms with Crippen LogP contribution in [0, 0.1) is 0 Å². The lowest BCUT2D eigenvalue weighted by Gasteiger charge is -2.10. The molecule has 0 fully saturated rings. The Morgan fingerprint density at radius 3 is 2.09 bits per heavy atom. The Kier molecular flexibility index (Phi) is 8.53. The minimum absolute atomic E-state index is 0.180. The van der Waals surface area contributed by atoms with Crippen LogP contribution >= 0.6 is 0 Å². The van der Waals surface area contributed by atoms with E-state index < -0.39 is 30.6 Å². The molecule has 0 saturated carbocycles. The SMILES string of the molecule is CNC[C@H](O)c1ccc(O)c(O)c1.O=C(O)CC(O)C(=O)O. The number of aliphatic carboxylic acids is 2. The third-order valence-corrected chi connectivity index (χ3v) is 2.43. The molecule has 0 bridgehead atoms. The van der Waals surface area contributed by atoms with E-state index in [2.05, 4.69) is 5.32 Å². The molecule has 1 rings (SSSR count). The van der Waals surface area contributed by atoms with Crippen molar-refractivity contribution in [2.45, 2.75) is 18.6 Å². The summed E-state index contributed by atoms with van der Waals surface area (Å²) in [6, 6.07) is 4.26. The Hall–Kier alpha value is -2.36. The minimum Gasteiger partial charge on any atom is -0.504 e. The highest BCUT2D eigenvalue weighted by Gasteiger charge is 2.16. The molecule has 1 aromatic rings. The van der Waals surface area contributed by atoms with Gasteiger partial charge in [0, 0.05) is 6.54 Å². The van der Waals surface area contributed by atoms with Gasteiger partial charge in [0.25, 0.3) is 0 Å². The van der Waals surface area contributed by atoms with Gasteiger partial charge in [0.2, 0.25) is 0 Å². The first-order valence-electron chi connectivity index (χ1n) is 6.16. The van der Waals surface area contributed by atoms with Crippen molar-refractivity contribution in [2.75, 3.05) is 13.6 Å². The molecule has 0 aromatic heterocycles. The van der Waals surface area contributed by atoms with Crippen LogP contribution in [0.2, 0.25) is 0 Å². The molecule has 9 heteroatoms. The van der Waals surface area contributed by atoms with Gasteiger partial charge in [-0.15, -0.1) is 0 Å². The first-order chi connectivity index (χ1) is 10.2. The summed E-state index contributed by atoms with van der Waals surface area (Å²) < 4.78 is 0. The molecule has 1 aromatic carbocycles. The van der Waals surface area contributed by atoms with Crippen molar-refractivity contribution in [3.05, 3.63) is 23.8 Å². The predicted molar refractivity (Wildman–Crippen MR) is 74.6 cm³/mol. The molecule has 7 N–H and O–H groups in total. The summed E-state index contributed by atoms with van der Waals surface area (Å²) in [5, 5.41) is 54.6. The Labute approximate surface area is 126 Å². The number of carbonyl (C=O) groups is 2. The summed E-state index contributed by atoms with van der Waals surface area (Å²) in [5.74, 6) is -3.24. The predicted octanol–water partition coefficient (Wildman–Crippen LogP) is -0.743. The van der Waals surface area contributed by atoms with Gasteiger partial charge in [-0.2, -0.15) is 0 Å². The van der Waals surface area contributed by atoms with Gasteiger partial charge in [0.15, 0.2) is 17.6 Å². The van der Waals surface area contributed by atoms with Crippen LogP contribution in [0.5, 0.6) is 11.5 Å². The van der Waals surface area contributed by atoms with Gasteiger partial charge in [-0.1, -0.05) is 6.07 Å². The third-order valence-electron chi connectivity index (χ3n) is 2.43. The summed E-state index contributed by atoms with van der Waals surface area (Å²) in [5.41, 5.74) is 0.574. The van der Waals surface area contributed by atoms with Crippen LogP contribution in [0.1, 0.15) is 18.1 Å². The van der Waals surface area contributed by atoms with Crippen molar-refractivity contribution in [1.29, 1.82) is 0 Å². The van der Waals surface area contributed by atoms with Gasteiger partial charge in [-0.3, -0.25) is 4.79 Å². The van der Waals surface area contributed by atoms with Gasteiger partial charge >= 0.3 is 11.9 Å². The number of aromatic hydroxyl groups is 2. The zero-order chi connectivity index (χ0) is 17.3. The molecule has 0 heterocycles. The second-order valence-corrected chi connectivity index (χ2v) is 4.27. The fraction of sp³-hybridized carbons (Fsp3) is 0.385. The van der Waals surface area contributed by atoms with Crippen LogP contribution in [0.15, 0.2) is 18.2 Å². The number of phenolic OH excluding ortho intramolecular Hbond substituents is 2. The Morgan fingerprint density at radius 1 is 1.14 bits per heavy atom. The maximum atomic E-state index is 9.72. The van der Waals surface area contributed by atoms with Crippen LogP contribution in [-0.4, -0.2) is 62.3 Å². The topological polar surface area (TPSA) is 168 Å². The van der Waals surface area contributed by atoms with E-state index in [-0.39, 0.29) is 11.5 Å². The van der Waals surface area contributed by atoms with Crippen LogP contribution in [0.4, 0.5) is 0 Å². The molecular formula is C13H19NO8. The van der Waals surface area contributed by atoms with E-state index in [9.17, 15) is 14.7 Å². The molecule has 0 spiro atoms. The molecule has 22 heavy (non-hydrogen) atoms. The quantitative estimate of drug-likeness (QED) is 0.334. The highest BCUT2D eigenvalue weighted by atomic mass is 16.4. The smallest absolute Gasteiger partial charge is 0.333 e. The van der Waals surface area contributed by atoms with Gasteiger partial charge in [0.1, 0.15) is 0 Å². The molecule has 9 nitrogen and oxygen atoms in total. The number of hydrogen-bond donors (Lipinski definition) is 7. The number of benzene rings is 1. The maximum Gasteiger partial charge on any atom is 0.333 e. The summed E-state index contributed by atoms with van der Waals surface area (Å²) in [6.07, 6.45) is -3.21. The minimum atomic E-state index is -1.79. The van der Waals surface area contributed by atoms with Crippen LogP contribution in [0.25, 0.3) is 0 Å². The fourth-order valence-electron chi connectivity index (χ4n) is 1.31. The van der Waals surface area contributed by atoms with E-state index >= 15 is 0 Å². The number of carboxylic acids is 2. The van der Waals surface area contributed by atoms with Gasteiger partial charge in [0.05, 0.1) is 12.5 Å². The number of carboxylic acid groups (broad SMARTS) is 2. The molecule has 2 atom stereocenters. The summed E-state index contributed by atoms with van der Waals surface area (Å²) in [4.78, 5) is 19.4. The number of aliphatic hydroxyl groups is 2. The zero-order valence-corrected chi connectivity index (χ0v) is 11.8. The number of rotatable bonds is 6. The van der Waals surface area contributed by atoms with Crippen LogP contribution < -0.4 is 5.32 Å². The van der Waals surface area contributed by atoms with Crippen molar-refractivity contribution in [3.8, 4) is 11.5 Å².